The first-order chi connectivity index (χ1) is 9.35. The van der Waals surface area contributed by atoms with E-state index < -0.39 is 5.54 Å². The zero-order chi connectivity index (χ0) is 15.6. The van der Waals surface area contributed by atoms with Crippen LogP contribution in [0.3, 0.4) is 0 Å². The monoisotopic (exact) mass is 303 g/mol. The average molecular weight is 304 g/mol. The Kier molecular flexibility index (Phi) is 10.4. The lowest BCUT2D eigenvalue weighted by atomic mass is 9.94. The molecule has 0 aliphatic rings. The SMILES string of the molecule is CCC(C)CSCCCCC(C)(NC(C)C)C(=O)OC. The van der Waals surface area contributed by atoms with Gasteiger partial charge in [-0.1, -0.05) is 26.7 Å². The number of methoxy groups -OCH3 is 1. The molecule has 0 rings (SSSR count). The maximum Gasteiger partial charge on any atom is 0.325 e. The molecular weight excluding hydrogens is 270 g/mol. The fourth-order valence-corrected chi connectivity index (χ4v) is 3.39. The van der Waals surface area contributed by atoms with Crippen LogP contribution < -0.4 is 5.32 Å². The van der Waals surface area contributed by atoms with Crippen LogP contribution in [0.1, 0.15) is 60.3 Å². The van der Waals surface area contributed by atoms with Gasteiger partial charge in [-0.25, -0.2) is 0 Å². The normalized spacial score (nSPS) is 15.9. The maximum absolute atomic E-state index is 11.9. The Hall–Kier alpha value is -0.220. The van der Waals surface area contributed by atoms with Crippen LogP contribution in [0.4, 0.5) is 0 Å². The molecule has 2 unspecified atom stereocenters. The van der Waals surface area contributed by atoms with Gasteiger partial charge in [0.05, 0.1) is 7.11 Å². The van der Waals surface area contributed by atoms with E-state index in [9.17, 15) is 4.79 Å². The number of unbranched alkanes of at least 4 members (excludes halogenated alkanes) is 1. The number of hydrogen-bond acceptors (Lipinski definition) is 4. The van der Waals surface area contributed by atoms with Gasteiger partial charge in [0.15, 0.2) is 0 Å². The molecule has 0 amide bonds. The fraction of sp³-hybridized carbons (Fsp3) is 0.938. The van der Waals surface area contributed by atoms with E-state index in [1.54, 1.807) is 0 Å². The molecular formula is C16H33NO2S. The first kappa shape index (κ1) is 19.8. The lowest BCUT2D eigenvalue weighted by molar-refractivity contribution is -0.148. The number of esters is 1. The molecule has 120 valence electrons. The van der Waals surface area contributed by atoms with E-state index in [1.807, 2.05) is 18.7 Å². The van der Waals surface area contributed by atoms with E-state index in [-0.39, 0.29) is 12.0 Å². The van der Waals surface area contributed by atoms with Gasteiger partial charge in [0.1, 0.15) is 5.54 Å². The van der Waals surface area contributed by atoms with Gasteiger partial charge >= 0.3 is 5.97 Å². The molecule has 0 aromatic rings. The molecule has 20 heavy (non-hydrogen) atoms. The highest BCUT2D eigenvalue weighted by molar-refractivity contribution is 7.99. The fourth-order valence-electron chi connectivity index (χ4n) is 2.18. The molecule has 0 fully saturated rings. The minimum absolute atomic E-state index is 0.154. The second-order valence-corrected chi connectivity index (χ2v) is 7.32. The van der Waals surface area contributed by atoms with E-state index in [2.05, 4.69) is 33.0 Å². The van der Waals surface area contributed by atoms with Crippen molar-refractivity contribution in [3.63, 3.8) is 0 Å². The quantitative estimate of drug-likeness (QED) is 0.464. The minimum Gasteiger partial charge on any atom is -0.468 e. The summed E-state index contributed by atoms with van der Waals surface area (Å²) in [5.74, 6) is 3.08. The van der Waals surface area contributed by atoms with Gasteiger partial charge in [0.25, 0.3) is 0 Å². The first-order valence-corrected chi connectivity index (χ1v) is 8.95. The number of ether oxygens (including phenoxy) is 1. The molecule has 0 saturated carbocycles. The standard InChI is InChI=1S/C16H33NO2S/c1-7-14(4)12-20-11-9-8-10-16(5,15(18)19-6)17-13(2)3/h13-14,17H,7-12H2,1-6H3. The molecule has 4 heteroatoms. The van der Waals surface area contributed by atoms with Gasteiger partial charge in [-0.05, 0) is 51.0 Å². The molecule has 3 nitrogen and oxygen atoms in total. The van der Waals surface area contributed by atoms with Crippen molar-refractivity contribution in [3.8, 4) is 0 Å². The Balaban J connectivity index is 4.00. The van der Waals surface area contributed by atoms with E-state index in [1.165, 1.54) is 25.0 Å². The molecule has 0 spiro atoms. The number of thioether (sulfide) groups is 1. The van der Waals surface area contributed by atoms with Crippen molar-refractivity contribution in [1.29, 1.82) is 0 Å². The summed E-state index contributed by atoms with van der Waals surface area (Å²) in [5.41, 5.74) is -0.551. The minimum atomic E-state index is -0.551. The molecule has 0 saturated heterocycles. The summed E-state index contributed by atoms with van der Waals surface area (Å²) in [7, 11) is 1.46. The van der Waals surface area contributed by atoms with Crippen molar-refractivity contribution >= 4 is 17.7 Å². The average Bonchev–Trinajstić information content (AvgIpc) is 2.40. The number of carbonyl (C=O) groups excluding carboxylic acids is 1. The van der Waals surface area contributed by atoms with Gasteiger partial charge in [0, 0.05) is 6.04 Å². The van der Waals surface area contributed by atoms with Gasteiger partial charge in [-0.3, -0.25) is 10.1 Å². The largest absolute Gasteiger partial charge is 0.468 e. The third-order valence-corrected chi connectivity index (χ3v) is 4.94. The van der Waals surface area contributed by atoms with Crippen molar-refractivity contribution in [2.75, 3.05) is 18.6 Å². The Morgan fingerprint density at radius 2 is 1.95 bits per heavy atom. The lowest BCUT2D eigenvalue weighted by Gasteiger charge is -2.30. The van der Waals surface area contributed by atoms with Gasteiger partial charge in [-0.2, -0.15) is 11.8 Å². The van der Waals surface area contributed by atoms with Crippen molar-refractivity contribution in [1.82, 2.24) is 5.32 Å². The summed E-state index contributed by atoms with van der Waals surface area (Å²) in [6.45, 7) is 10.6. The van der Waals surface area contributed by atoms with E-state index in [4.69, 9.17) is 4.74 Å². The Bertz CT molecular complexity index is 271. The Morgan fingerprint density at radius 3 is 2.45 bits per heavy atom. The summed E-state index contributed by atoms with van der Waals surface area (Å²) in [4.78, 5) is 11.9. The van der Waals surface area contributed by atoms with Crippen LogP contribution in [0, 0.1) is 5.92 Å². The van der Waals surface area contributed by atoms with Crippen LogP contribution in [0.15, 0.2) is 0 Å². The first-order valence-electron chi connectivity index (χ1n) is 7.79. The maximum atomic E-state index is 11.9. The second kappa shape index (κ2) is 10.5. The summed E-state index contributed by atoms with van der Waals surface area (Å²) in [6, 6.07) is 0.277. The lowest BCUT2D eigenvalue weighted by Crippen LogP contribution is -2.52. The molecule has 2 atom stereocenters. The molecule has 0 aliphatic heterocycles. The predicted octanol–water partition coefficient (Wildman–Crippen LogP) is 3.87. The summed E-state index contributed by atoms with van der Waals surface area (Å²) in [5, 5.41) is 3.34. The molecule has 0 heterocycles. The number of rotatable bonds is 11. The van der Waals surface area contributed by atoms with Gasteiger partial charge in [0.2, 0.25) is 0 Å². The van der Waals surface area contributed by atoms with Crippen LogP contribution >= 0.6 is 11.8 Å². The summed E-state index contributed by atoms with van der Waals surface area (Å²) in [6.07, 6.45) is 4.31. The zero-order valence-corrected chi connectivity index (χ0v) is 14.9. The Labute approximate surface area is 129 Å². The molecule has 0 bridgehead atoms. The van der Waals surface area contributed by atoms with Crippen LogP contribution in [0.25, 0.3) is 0 Å². The van der Waals surface area contributed by atoms with E-state index in [0.29, 0.717) is 0 Å². The highest BCUT2D eigenvalue weighted by atomic mass is 32.2. The van der Waals surface area contributed by atoms with E-state index in [0.717, 1.165) is 25.2 Å². The van der Waals surface area contributed by atoms with Crippen LogP contribution in [-0.2, 0) is 9.53 Å². The highest BCUT2D eigenvalue weighted by Crippen LogP contribution is 2.19. The highest BCUT2D eigenvalue weighted by Gasteiger charge is 2.33. The molecule has 0 radical (unpaired) electrons. The zero-order valence-electron chi connectivity index (χ0n) is 14.1. The van der Waals surface area contributed by atoms with E-state index >= 15 is 0 Å². The van der Waals surface area contributed by atoms with Crippen molar-refractivity contribution in [3.05, 3.63) is 0 Å². The third kappa shape index (κ3) is 8.15. The van der Waals surface area contributed by atoms with Crippen LogP contribution in [-0.4, -0.2) is 36.2 Å². The second-order valence-electron chi connectivity index (χ2n) is 6.17. The van der Waals surface area contributed by atoms with Crippen molar-refractivity contribution < 1.29 is 9.53 Å². The number of nitrogens with one attached hydrogen (secondary N) is 1. The molecule has 0 aromatic carbocycles. The topological polar surface area (TPSA) is 38.3 Å². The summed E-state index contributed by atoms with van der Waals surface area (Å²) >= 11 is 2.03. The number of hydrogen-bond donors (Lipinski definition) is 1. The smallest absolute Gasteiger partial charge is 0.325 e. The molecule has 1 N–H and O–H groups in total. The number of carbonyl (C=O) groups is 1. The van der Waals surface area contributed by atoms with Crippen molar-refractivity contribution in [2.24, 2.45) is 5.92 Å². The predicted molar refractivity (Wildman–Crippen MR) is 89.3 cm³/mol. The molecule has 0 aromatic heterocycles. The van der Waals surface area contributed by atoms with Crippen molar-refractivity contribution in [2.45, 2.75) is 71.9 Å². The third-order valence-electron chi connectivity index (χ3n) is 3.56. The molecule has 0 aliphatic carbocycles. The van der Waals surface area contributed by atoms with Gasteiger partial charge in [-0.15, -0.1) is 0 Å². The van der Waals surface area contributed by atoms with Crippen LogP contribution in [0.5, 0.6) is 0 Å². The Morgan fingerprint density at radius 1 is 1.30 bits per heavy atom. The van der Waals surface area contributed by atoms with Crippen LogP contribution in [0.2, 0.25) is 0 Å². The summed E-state index contributed by atoms with van der Waals surface area (Å²) < 4.78 is 4.93. The van der Waals surface area contributed by atoms with Gasteiger partial charge < -0.3 is 4.74 Å².